The van der Waals surface area contributed by atoms with E-state index in [-0.39, 0.29) is 0 Å². The molecule has 0 bridgehead atoms. The Morgan fingerprint density at radius 2 is 1.84 bits per heavy atom. The van der Waals surface area contributed by atoms with Crippen molar-refractivity contribution in [2.45, 2.75) is 32.7 Å². The van der Waals surface area contributed by atoms with Gasteiger partial charge in [-0.15, -0.1) is 0 Å². The highest BCUT2D eigenvalue weighted by molar-refractivity contribution is 5.34. The van der Waals surface area contributed by atoms with Crippen molar-refractivity contribution in [3.05, 3.63) is 24.0 Å². The van der Waals surface area contributed by atoms with Gasteiger partial charge in [-0.2, -0.15) is 0 Å². The molecule has 0 amide bonds. The van der Waals surface area contributed by atoms with E-state index >= 15 is 0 Å². The largest absolute Gasteiger partial charge is 0.397 e. The van der Waals surface area contributed by atoms with Gasteiger partial charge in [0.2, 0.25) is 0 Å². The van der Waals surface area contributed by atoms with Gasteiger partial charge < -0.3 is 10.6 Å². The Morgan fingerprint density at radius 3 is 2.37 bits per heavy atom. The van der Waals surface area contributed by atoms with Crippen LogP contribution in [0.5, 0.6) is 0 Å². The monoisotopic (exact) mass is 262 g/mol. The van der Waals surface area contributed by atoms with Gasteiger partial charge in [-0.3, -0.25) is 9.88 Å². The second kappa shape index (κ2) is 5.88. The Labute approximate surface area is 116 Å². The van der Waals surface area contributed by atoms with Crippen LogP contribution in [0, 0.1) is 0 Å². The minimum atomic E-state index is 0.296. The van der Waals surface area contributed by atoms with E-state index < -0.39 is 0 Å². The van der Waals surface area contributed by atoms with Crippen molar-refractivity contribution in [2.75, 3.05) is 38.5 Å². The molecule has 2 rings (SSSR count). The maximum Gasteiger partial charge on any atom is 0.0501 e. The number of nitrogen functional groups attached to an aromatic ring is 1. The number of rotatable bonds is 3. The summed E-state index contributed by atoms with van der Waals surface area (Å²) in [4.78, 5) is 9.44. The van der Waals surface area contributed by atoms with Crippen LogP contribution in [0.3, 0.4) is 0 Å². The van der Waals surface area contributed by atoms with Crippen molar-refractivity contribution >= 4 is 5.69 Å². The normalized spacial score (nSPS) is 18.7. The fourth-order valence-corrected chi connectivity index (χ4v) is 2.50. The fraction of sp³-hybridized carbons (Fsp3) is 0.667. The molecule has 0 aromatic carbocycles. The molecule has 1 aliphatic rings. The summed E-state index contributed by atoms with van der Waals surface area (Å²) in [6.07, 6.45) is 2.75. The van der Waals surface area contributed by atoms with Gasteiger partial charge in [-0.05, 0) is 32.9 Å². The summed E-state index contributed by atoms with van der Waals surface area (Å²) in [6.45, 7) is 12.6. The third-order valence-electron chi connectivity index (χ3n) is 3.85. The van der Waals surface area contributed by atoms with E-state index in [4.69, 9.17) is 5.73 Å². The predicted molar refractivity (Wildman–Crippen MR) is 80.1 cm³/mol. The number of nitrogens with two attached hydrogens (primary N) is 1. The molecule has 2 N–H and O–H groups in total. The van der Waals surface area contributed by atoms with Gasteiger partial charge in [0.1, 0.15) is 0 Å². The third-order valence-corrected chi connectivity index (χ3v) is 3.85. The minimum Gasteiger partial charge on any atom is -0.397 e. The quantitative estimate of drug-likeness (QED) is 0.899. The van der Waals surface area contributed by atoms with Crippen LogP contribution in [0.25, 0.3) is 0 Å². The molecule has 1 fully saturated rings. The van der Waals surface area contributed by atoms with Gasteiger partial charge in [-0.1, -0.05) is 0 Å². The summed E-state index contributed by atoms with van der Waals surface area (Å²) in [5.41, 5.74) is 7.81. The van der Waals surface area contributed by atoms with Crippen LogP contribution in [0.1, 0.15) is 26.5 Å². The Hall–Kier alpha value is -1.13. The number of anilines is 1. The average Bonchev–Trinajstić information content (AvgIpc) is 2.37. The van der Waals surface area contributed by atoms with Gasteiger partial charge in [0, 0.05) is 50.4 Å². The molecule has 1 aromatic rings. The third kappa shape index (κ3) is 4.18. The molecule has 106 valence electrons. The predicted octanol–water partition coefficient (Wildman–Crippen LogP) is 1.62. The summed E-state index contributed by atoms with van der Waals surface area (Å²) in [5, 5.41) is 0. The van der Waals surface area contributed by atoms with E-state index in [9.17, 15) is 0 Å². The van der Waals surface area contributed by atoms with Gasteiger partial charge in [0.15, 0.2) is 0 Å². The zero-order valence-electron chi connectivity index (χ0n) is 12.4. The lowest BCUT2D eigenvalue weighted by Gasteiger charge is -2.42. The van der Waals surface area contributed by atoms with Crippen LogP contribution in [-0.4, -0.2) is 53.0 Å². The number of aromatic nitrogens is 1. The smallest absolute Gasteiger partial charge is 0.0501 e. The highest BCUT2D eigenvalue weighted by atomic mass is 15.3. The Bertz CT molecular complexity index is 386. The maximum atomic E-state index is 5.64. The number of hydrogen-bond donors (Lipinski definition) is 1. The van der Waals surface area contributed by atoms with Crippen molar-refractivity contribution in [1.82, 2.24) is 14.8 Å². The summed E-state index contributed by atoms with van der Waals surface area (Å²) in [6, 6.07) is 3.96. The van der Waals surface area contributed by atoms with Crippen molar-refractivity contribution < 1.29 is 0 Å². The number of nitrogens with zero attached hydrogens (tertiary/aromatic N) is 3. The van der Waals surface area contributed by atoms with E-state index in [1.54, 1.807) is 6.20 Å². The first-order valence-corrected chi connectivity index (χ1v) is 7.13. The van der Waals surface area contributed by atoms with Gasteiger partial charge >= 0.3 is 0 Å². The molecule has 0 unspecified atom stereocenters. The van der Waals surface area contributed by atoms with E-state index in [1.165, 1.54) is 13.1 Å². The molecule has 0 spiro atoms. The molecule has 1 saturated heterocycles. The van der Waals surface area contributed by atoms with Crippen molar-refractivity contribution in [3.63, 3.8) is 0 Å². The molecule has 0 saturated carbocycles. The number of hydrogen-bond acceptors (Lipinski definition) is 4. The van der Waals surface area contributed by atoms with E-state index in [0.29, 0.717) is 5.54 Å². The lowest BCUT2D eigenvalue weighted by Crippen LogP contribution is -2.53. The number of pyridine rings is 1. The van der Waals surface area contributed by atoms with Gasteiger partial charge in [0.25, 0.3) is 0 Å². The van der Waals surface area contributed by atoms with Crippen molar-refractivity contribution in [3.8, 4) is 0 Å². The van der Waals surface area contributed by atoms with Crippen LogP contribution < -0.4 is 5.73 Å². The summed E-state index contributed by atoms with van der Waals surface area (Å²) < 4.78 is 0. The highest BCUT2D eigenvalue weighted by Crippen LogP contribution is 2.15. The molecular weight excluding hydrogens is 236 g/mol. The molecule has 2 heterocycles. The Balaban J connectivity index is 1.75. The summed E-state index contributed by atoms with van der Waals surface area (Å²) >= 11 is 0. The van der Waals surface area contributed by atoms with Gasteiger partial charge in [0.05, 0.1) is 11.9 Å². The average molecular weight is 262 g/mol. The second-order valence-electron chi connectivity index (χ2n) is 6.33. The molecular formula is C15H26N4. The van der Waals surface area contributed by atoms with Crippen LogP contribution in [0.15, 0.2) is 18.3 Å². The molecule has 4 heteroatoms. The molecule has 0 radical (unpaired) electrons. The maximum absolute atomic E-state index is 5.64. The molecule has 19 heavy (non-hydrogen) atoms. The fourth-order valence-electron chi connectivity index (χ4n) is 2.50. The van der Waals surface area contributed by atoms with E-state index in [0.717, 1.165) is 37.4 Å². The van der Waals surface area contributed by atoms with E-state index in [2.05, 4.69) is 35.6 Å². The van der Waals surface area contributed by atoms with Crippen LogP contribution >= 0.6 is 0 Å². The van der Waals surface area contributed by atoms with Crippen molar-refractivity contribution in [2.24, 2.45) is 0 Å². The van der Waals surface area contributed by atoms with Crippen LogP contribution in [0.2, 0.25) is 0 Å². The lowest BCUT2D eigenvalue weighted by molar-refractivity contribution is 0.0628. The zero-order valence-corrected chi connectivity index (χ0v) is 12.4. The SMILES string of the molecule is CC(C)(C)N1CCN(CCc2ccc(N)cn2)CC1. The van der Waals surface area contributed by atoms with Crippen LogP contribution in [-0.2, 0) is 6.42 Å². The van der Waals surface area contributed by atoms with Crippen molar-refractivity contribution in [1.29, 1.82) is 0 Å². The number of piperazine rings is 1. The second-order valence-corrected chi connectivity index (χ2v) is 6.33. The molecule has 0 atom stereocenters. The Kier molecular flexibility index (Phi) is 4.42. The first-order chi connectivity index (χ1) is 8.95. The molecule has 1 aliphatic heterocycles. The Morgan fingerprint density at radius 1 is 1.16 bits per heavy atom. The first kappa shape index (κ1) is 14.3. The summed E-state index contributed by atoms with van der Waals surface area (Å²) in [5.74, 6) is 0. The lowest BCUT2D eigenvalue weighted by atomic mass is 10.0. The highest BCUT2D eigenvalue weighted by Gasteiger charge is 2.25. The molecule has 1 aromatic heterocycles. The minimum absolute atomic E-state index is 0.296. The van der Waals surface area contributed by atoms with E-state index in [1.807, 2.05) is 12.1 Å². The summed E-state index contributed by atoms with van der Waals surface area (Å²) in [7, 11) is 0. The molecule has 0 aliphatic carbocycles. The van der Waals surface area contributed by atoms with Crippen LogP contribution in [0.4, 0.5) is 5.69 Å². The topological polar surface area (TPSA) is 45.4 Å². The molecule has 4 nitrogen and oxygen atoms in total. The first-order valence-electron chi connectivity index (χ1n) is 7.13. The van der Waals surface area contributed by atoms with Gasteiger partial charge in [-0.25, -0.2) is 0 Å². The standard InChI is InChI=1S/C15H26N4/c1-15(2,3)19-10-8-18(9-11-19)7-6-14-5-4-13(16)12-17-14/h4-5,12H,6-11,16H2,1-3H3. The zero-order chi connectivity index (χ0) is 13.9.